The second-order valence-electron chi connectivity index (χ2n) is 6.47. The van der Waals surface area contributed by atoms with Gasteiger partial charge in [0.1, 0.15) is 5.82 Å². The summed E-state index contributed by atoms with van der Waals surface area (Å²) in [5.74, 6) is 0.491. The molecule has 0 spiro atoms. The Morgan fingerprint density at radius 1 is 1.27 bits per heavy atom. The Kier molecular flexibility index (Phi) is 3.69. The summed E-state index contributed by atoms with van der Waals surface area (Å²) in [5, 5.41) is 8.53. The van der Waals surface area contributed by atoms with Crippen LogP contribution in [0.1, 0.15) is 44.2 Å². The molecule has 4 nitrogen and oxygen atoms in total. The number of hydrogen-bond donors (Lipinski definition) is 1. The molecule has 2 heterocycles. The van der Waals surface area contributed by atoms with E-state index in [4.69, 9.17) is 23.2 Å². The van der Waals surface area contributed by atoms with Crippen LogP contribution in [0.4, 0.5) is 5.82 Å². The number of rotatable bonds is 1. The molecule has 0 saturated carbocycles. The van der Waals surface area contributed by atoms with Crippen molar-refractivity contribution in [3.8, 4) is 0 Å². The van der Waals surface area contributed by atoms with Gasteiger partial charge < -0.3 is 5.32 Å². The summed E-state index contributed by atoms with van der Waals surface area (Å²) in [6, 6.07) is 5.39. The average molecular weight is 338 g/mol. The second-order valence-corrected chi connectivity index (χ2v) is 7.29. The molecule has 0 saturated heterocycles. The fourth-order valence-corrected chi connectivity index (χ4v) is 3.49. The Labute approximate surface area is 139 Å². The van der Waals surface area contributed by atoms with Crippen LogP contribution in [0, 0.1) is 0 Å². The Bertz CT molecular complexity index is 726. The largest absolute Gasteiger partial charge is 0.311 e. The van der Waals surface area contributed by atoms with Crippen molar-refractivity contribution in [3.63, 3.8) is 0 Å². The average Bonchev–Trinajstić information content (AvgIpc) is 2.81. The van der Waals surface area contributed by atoms with E-state index in [0.29, 0.717) is 16.5 Å². The van der Waals surface area contributed by atoms with Crippen LogP contribution in [0.3, 0.4) is 0 Å². The van der Waals surface area contributed by atoms with E-state index in [1.165, 1.54) is 0 Å². The summed E-state index contributed by atoms with van der Waals surface area (Å²) >= 11 is 12.7. The van der Waals surface area contributed by atoms with E-state index in [9.17, 15) is 4.79 Å². The van der Waals surface area contributed by atoms with E-state index >= 15 is 0 Å². The molecule has 1 aliphatic heterocycles. The fraction of sp³-hybridized carbons (Fsp3) is 0.375. The van der Waals surface area contributed by atoms with E-state index in [-0.39, 0.29) is 17.4 Å². The van der Waals surface area contributed by atoms with Crippen molar-refractivity contribution in [1.29, 1.82) is 0 Å². The zero-order chi connectivity index (χ0) is 16.1. The summed E-state index contributed by atoms with van der Waals surface area (Å²) in [6.07, 6.45) is 2.11. The lowest BCUT2D eigenvalue weighted by Gasteiger charge is -2.28. The third kappa shape index (κ3) is 2.50. The van der Waals surface area contributed by atoms with Crippen LogP contribution in [0.15, 0.2) is 24.4 Å². The third-order valence-electron chi connectivity index (χ3n) is 3.80. The molecule has 0 radical (unpaired) electrons. The summed E-state index contributed by atoms with van der Waals surface area (Å²) in [5.41, 5.74) is 1.51. The minimum Gasteiger partial charge on any atom is -0.311 e. The standard InChI is InChI=1S/C16H17Cl2N3O/c1-16(2,3)21-15-10(8-19-21)9(7-13(22)20-15)14-11(17)5-4-6-12(14)18/h4-6,8-9H,7H2,1-3H3,(H,20,22)/t9-/m0/s1. The van der Waals surface area contributed by atoms with Gasteiger partial charge in [-0.25, -0.2) is 4.68 Å². The van der Waals surface area contributed by atoms with Crippen LogP contribution >= 0.6 is 23.2 Å². The predicted molar refractivity (Wildman–Crippen MR) is 88.8 cm³/mol. The quantitative estimate of drug-likeness (QED) is 0.837. The number of amides is 1. The number of carbonyl (C=O) groups excluding carboxylic acids is 1. The lowest BCUT2D eigenvalue weighted by molar-refractivity contribution is -0.116. The number of aromatic nitrogens is 2. The van der Waals surface area contributed by atoms with Gasteiger partial charge in [0.2, 0.25) is 5.91 Å². The Morgan fingerprint density at radius 2 is 1.91 bits per heavy atom. The number of fused-ring (bicyclic) bond motifs is 1. The van der Waals surface area contributed by atoms with E-state index in [1.54, 1.807) is 24.4 Å². The van der Waals surface area contributed by atoms with Gasteiger partial charge in [-0.15, -0.1) is 0 Å². The molecule has 0 fully saturated rings. The number of hydrogen-bond acceptors (Lipinski definition) is 2. The van der Waals surface area contributed by atoms with Gasteiger partial charge in [-0.3, -0.25) is 4.79 Å². The number of nitrogens with one attached hydrogen (secondary N) is 1. The van der Waals surface area contributed by atoms with Gasteiger partial charge in [0.15, 0.2) is 0 Å². The molecular weight excluding hydrogens is 321 g/mol. The first kappa shape index (κ1) is 15.4. The van der Waals surface area contributed by atoms with Gasteiger partial charge in [0.25, 0.3) is 0 Å². The molecule has 2 aromatic rings. The summed E-state index contributed by atoms with van der Waals surface area (Å²) in [7, 11) is 0. The molecule has 1 atom stereocenters. The number of halogens is 2. The lowest BCUT2D eigenvalue weighted by Crippen LogP contribution is -2.30. The molecule has 1 aliphatic rings. The molecule has 0 aliphatic carbocycles. The highest BCUT2D eigenvalue weighted by Crippen LogP contribution is 2.43. The third-order valence-corrected chi connectivity index (χ3v) is 4.46. The monoisotopic (exact) mass is 337 g/mol. The molecule has 1 aromatic carbocycles. The number of anilines is 1. The van der Waals surface area contributed by atoms with Crippen LogP contribution in [0.5, 0.6) is 0 Å². The minimum atomic E-state index is -0.229. The van der Waals surface area contributed by atoms with Crippen molar-refractivity contribution in [2.45, 2.75) is 38.6 Å². The van der Waals surface area contributed by atoms with Gasteiger partial charge in [-0.2, -0.15) is 5.10 Å². The second kappa shape index (κ2) is 5.28. The summed E-state index contributed by atoms with van der Waals surface area (Å²) in [4.78, 5) is 12.2. The maximum Gasteiger partial charge on any atom is 0.226 e. The number of benzene rings is 1. The summed E-state index contributed by atoms with van der Waals surface area (Å²) < 4.78 is 1.83. The molecule has 1 aromatic heterocycles. The molecule has 0 bridgehead atoms. The van der Waals surface area contributed by atoms with E-state index in [1.807, 2.05) is 25.5 Å². The molecular formula is C16H17Cl2N3O. The Morgan fingerprint density at radius 3 is 2.50 bits per heavy atom. The first-order chi connectivity index (χ1) is 10.3. The van der Waals surface area contributed by atoms with Crippen molar-refractivity contribution < 1.29 is 4.79 Å². The molecule has 22 heavy (non-hydrogen) atoms. The highest BCUT2D eigenvalue weighted by atomic mass is 35.5. The van der Waals surface area contributed by atoms with Crippen molar-refractivity contribution in [3.05, 3.63) is 45.6 Å². The number of nitrogens with zero attached hydrogens (tertiary/aromatic N) is 2. The molecule has 1 amide bonds. The van der Waals surface area contributed by atoms with Crippen molar-refractivity contribution >= 4 is 34.9 Å². The van der Waals surface area contributed by atoms with Crippen LogP contribution in [-0.4, -0.2) is 15.7 Å². The highest BCUT2D eigenvalue weighted by molar-refractivity contribution is 6.36. The zero-order valence-electron chi connectivity index (χ0n) is 12.7. The first-order valence-electron chi connectivity index (χ1n) is 7.11. The predicted octanol–water partition coefficient (Wildman–Crippen LogP) is 4.42. The van der Waals surface area contributed by atoms with Gasteiger partial charge in [0, 0.05) is 27.9 Å². The van der Waals surface area contributed by atoms with Gasteiger partial charge >= 0.3 is 0 Å². The topological polar surface area (TPSA) is 46.9 Å². The molecule has 6 heteroatoms. The van der Waals surface area contributed by atoms with E-state index < -0.39 is 0 Å². The van der Waals surface area contributed by atoms with Crippen LogP contribution in [0.2, 0.25) is 10.0 Å². The molecule has 1 N–H and O–H groups in total. The summed E-state index contributed by atoms with van der Waals surface area (Å²) in [6.45, 7) is 6.12. The zero-order valence-corrected chi connectivity index (χ0v) is 14.2. The van der Waals surface area contributed by atoms with Gasteiger partial charge in [0.05, 0.1) is 11.7 Å². The lowest BCUT2D eigenvalue weighted by atomic mass is 9.87. The molecule has 116 valence electrons. The Balaban J connectivity index is 2.18. The van der Waals surface area contributed by atoms with E-state index in [0.717, 1.165) is 16.9 Å². The number of carbonyl (C=O) groups is 1. The van der Waals surface area contributed by atoms with E-state index in [2.05, 4.69) is 10.4 Å². The Hall–Kier alpha value is -1.52. The van der Waals surface area contributed by atoms with Crippen molar-refractivity contribution in [2.75, 3.05) is 5.32 Å². The SMILES string of the molecule is CC(C)(C)n1ncc2c1NC(=O)C[C@@H]2c1c(Cl)cccc1Cl. The van der Waals surface area contributed by atoms with Crippen molar-refractivity contribution in [1.82, 2.24) is 9.78 Å². The van der Waals surface area contributed by atoms with Crippen LogP contribution in [-0.2, 0) is 10.3 Å². The maximum absolute atomic E-state index is 12.2. The maximum atomic E-state index is 12.2. The normalized spacial score (nSPS) is 18.0. The minimum absolute atomic E-state index is 0.0560. The van der Waals surface area contributed by atoms with Gasteiger partial charge in [-0.05, 0) is 38.5 Å². The van der Waals surface area contributed by atoms with Crippen LogP contribution in [0.25, 0.3) is 0 Å². The van der Waals surface area contributed by atoms with Crippen LogP contribution < -0.4 is 5.32 Å². The smallest absolute Gasteiger partial charge is 0.226 e. The highest BCUT2D eigenvalue weighted by Gasteiger charge is 2.34. The fourth-order valence-electron chi connectivity index (χ4n) is 2.83. The van der Waals surface area contributed by atoms with Crippen molar-refractivity contribution in [2.24, 2.45) is 0 Å². The molecule has 3 rings (SSSR count). The van der Waals surface area contributed by atoms with Gasteiger partial charge in [-0.1, -0.05) is 29.3 Å². The first-order valence-corrected chi connectivity index (χ1v) is 7.87. The molecule has 0 unspecified atom stereocenters.